The van der Waals surface area contributed by atoms with E-state index in [0.717, 1.165) is 18.5 Å². The number of ether oxygens (including phenoxy) is 1. The van der Waals surface area contributed by atoms with Gasteiger partial charge in [0.15, 0.2) is 5.82 Å². The molecular weight excluding hydrogens is 216 g/mol. The molecule has 0 fully saturated rings. The van der Waals surface area contributed by atoms with Crippen molar-refractivity contribution in [2.24, 2.45) is 11.8 Å². The van der Waals surface area contributed by atoms with Gasteiger partial charge in [-0.1, -0.05) is 20.8 Å². The van der Waals surface area contributed by atoms with Gasteiger partial charge in [-0.05, 0) is 18.8 Å². The fourth-order valence-corrected chi connectivity index (χ4v) is 1.71. The third kappa shape index (κ3) is 3.94. The van der Waals surface area contributed by atoms with Crippen LogP contribution in [-0.4, -0.2) is 17.1 Å². The van der Waals surface area contributed by atoms with E-state index in [1.807, 2.05) is 13.0 Å². The third-order valence-electron chi connectivity index (χ3n) is 2.51. The number of nitrogens with two attached hydrogens (primary N) is 1. The molecule has 1 aromatic heterocycles. The molecule has 5 nitrogen and oxygen atoms in total. The van der Waals surface area contributed by atoms with E-state index in [1.165, 1.54) is 0 Å². The van der Waals surface area contributed by atoms with Crippen molar-refractivity contribution in [2.45, 2.75) is 39.7 Å². The van der Waals surface area contributed by atoms with Gasteiger partial charge in [-0.15, -0.1) is 0 Å². The molecule has 0 radical (unpaired) electrons. The predicted octanol–water partition coefficient (Wildman–Crippen LogP) is 2.06. The molecule has 0 spiro atoms. The molecule has 5 heteroatoms. The zero-order chi connectivity index (χ0) is 12.8. The molecule has 96 valence electrons. The molecule has 1 unspecified atom stereocenters. The number of aromatic nitrogens is 2. The maximum Gasteiger partial charge on any atom is 0.159 e. The minimum Gasteiger partial charge on any atom is -0.373 e. The van der Waals surface area contributed by atoms with Gasteiger partial charge in [0.2, 0.25) is 0 Å². The van der Waals surface area contributed by atoms with Crippen LogP contribution in [0.3, 0.4) is 0 Å². The van der Waals surface area contributed by atoms with Crippen LogP contribution < -0.4 is 11.3 Å². The van der Waals surface area contributed by atoms with Crippen molar-refractivity contribution in [3.63, 3.8) is 0 Å². The van der Waals surface area contributed by atoms with Crippen LogP contribution in [-0.2, 0) is 11.2 Å². The van der Waals surface area contributed by atoms with E-state index in [4.69, 9.17) is 10.6 Å². The first-order valence-electron chi connectivity index (χ1n) is 5.97. The van der Waals surface area contributed by atoms with Crippen LogP contribution in [0, 0.1) is 5.92 Å². The van der Waals surface area contributed by atoms with Gasteiger partial charge >= 0.3 is 0 Å². The Morgan fingerprint density at radius 2 is 2.12 bits per heavy atom. The van der Waals surface area contributed by atoms with Crippen molar-refractivity contribution in [3.05, 3.63) is 17.6 Å². The second-order valence-corrected chi connectivity index (χ2v) is 4.48. The monoisotopic (exact) mass is 238 g/mol. The molecule has 0 aliphatic carbocycles. The highest BCUT2D eigenvalue weighted by atomic mass is 16.5. The molecule has 0 aliphatic heterocycles. The minimum atomic E-state index is -0.0748. The van der Waals surface area contributed by atoms with Crippen LogP contribution in [0.4, 0.5) is 5.82 Å². The summed E-state index contributed by atoms with van der Waals surface area (Å²) in [5, 5.41) is 0. The number of rotatable bonds is 6. The number of nitrogens with zero attached hydrogens (tertiary/aromatic N) is 2. The first kappa shape index (κ1) is 13.9. The Morgan fingerprint density at radius 3 is 2.59 bits per heavy atom. The van der Waals surface area contributed by atoms with Crippen LogP contribution >= 0.6 is 0 Å². The summed E-state index contributed by atoms with van der Waals surface area (Å²) in [5.41, 5.74) is 3.57. The number of anilines is 1. The van der Waals surface area contributed by atoms with Crippen LogP contribution in [0.2, 0.25) is 0 Å². The fraction of sp³-hybridized carbons (Fsp3) is 0.667. The topological polar surface area (TPSA) is 73.1 Å². The Bertz CT molecular complexity index is 350. The number of hydrogen-bond donors (Lipinski definition) is 2. The molecule has 1 heterocycles. The summed E-state index contributed by atoms with van der Waals surface area (Å²) in [6.45, 7) is 6.36. The summed E-state index contributed by atoms with van der Waals surface area (Å²) in [5.74, 6) is 7.30. The molecule has 0 saturated heterocycles. The van der Waals surface area contributed by atoms with E-state index in [-0.39, 0.29) is 6.10 Å². The molecule has 3 N–H and O–H groups in total. The predicted molar refractivity (Wildman–Crippen MR) is 68.4 cm³/mol. The molecule has 1 aromatic rings. The summed E-state index contributed by atoms with van der Waals surface area (Å²) in [7, 11) is 1.67. The van der Waals surface area contributed by atoms with Crippen molar-refractivity contribution in [2.75, 3.05) is 12.5 Å². The second-order valence-electron chi connectivity index (χ2n) is 4.48. The maximum atomic E-state index is 5.42. The van der Waals surface area contributed by atoms with Gasteiger partial charge in [0, 0.05) is 18.9 Å². The van der Waals surface area contributed by atoms with Gasteiger partial charge in [-0.25, -0.2) is 15.8 Å². The molecule has 1 atom stereocenters. The van der Waals surface area contributed by atoms with Crippen LogP contribution in [0.5, 0.6) is 0 Å². The van der Waals surface area contributed by atoms with E-state index in [2.05, 4.69) is 29.2 Å². The fourth-order valence-electron chi connectivity index (χ4n) is 1.71. The SMILES string of the molecule is CCC(OC)c1nc(CC(C)C)cc(NN)n1. The smallest absolute Gasteiger partial charge is 0.159 e. The zero-order valence-corrected chi connectivity index (χ0v) is 11.0. The molecule has 1 rings (SSSR count). The van der Waals surface area contributed by atoms with Crippen molar-refractivity contribution >= 4 is 5.82 Å². The standard InChI is InChI=1S/C12H22N4O/c1-5-10(17-4)12-14-9(6-8(2)3)7-11(15-12)16-13/h7-8,10H,5-6,13H2,1-4H3,(H,14,15,16). The summed E-state index contributed by atoms with van der Waals surface area (Å²) in [4.78, 5) is 8.86. The molecule has 0 bridgehead atoms. The quantitative estimate of drug-likeness (QED) is 0.586. The van der Waals surface area contributed by atoms with Gasteiger partial charge < -0.3 is 10.2 Å². The van der Waals surface area contributed by atoms with E-state index < -0.39 is 0 Å². The summed E-state index contributed by atoms with van der Waals surface area (Å²) >= 11 is 0. The lowest BCUT2D eigenvalue weighted by molar-refractivity contribution is 0.0924. The third-order valence-corrected chi connectivity index (χ3v) is 2.51. The minimum absolute atomic E-state index is 0.0748. The number of nitrogens with one attached hydrogen (secondary N) is 1. The Morgan fingerprint density at radius 1 is 1.41 bits per heavy atom. The molecule has 0 amide bonds. The van der Waals surface area contributed by atoms with Crippen LogP contribution in [0.25, 0.3) is 0 Å². The van der Waals surface area contributed by atoms with Gasteiger partial charge in [-0.3, -0.25) is 0 Å². The molecule has 17 heavy (non-hydrogen) atoms. The van der Waals surface area contributed by atoms with Crippen molar-refractivity contribution in [1.82, 2.24) is 9.97 Å². The zero-order valence-electron chi connectivity index (χ0n) is 11.0. The lowest BCUT2D eigenvalue weighted by Crippen LogP contribution is -2.14. The van der Waals surface area contributed by atoms with Gasteiger partial charge in [0.25, 0.3) is 0 Å². The molecule has 0 saturated carbocycles. The van der Waals surface area contributed by atoms with Crippen LogP contribution in [0.15, 0.2) is 6.07 Å². The van der Waals surface area contributed by atoms with Crippen molar-refractivity contribution < 1.29 is 4.74 Å². The Labute approximate surface area is 103 Å². The van der Waals surface area contributed by atoms with E-state index in [9.17, 15) is 0 Å². The average Bonchev–Trinajstić information content (AvgIpc) is 2.29. The summed E-state index contributed by atoms with van der Waals surface area (Å²) in [6.07, 6.45) is 1.67. The van der Waals surface area contributed by atoms with Crippen molar-refractivity contribution in [1.29, 1.82) is 0 Å². The highest BCUT2D eigenvalue weighted by molar-refractivity contribution is 5.34. The number of hydrazine groups is 1. The Balaban J connectivity index is 3.03. The highest BCUT2D eigenvalue weighted by Crippen LogP contribution is 2.19. The molecule has 0 aliphatic rings. The normalized spacial score (nSPS) is 12.8. The molecule has 0 aromatic carbocycles. The maximum absolute atomic E-state index is 5.42. The number of hydrogen-bond acceptors (Lipinski definition) is 5. The van der Waals surface area contributed by atoms with E-state index in [1.54, 1.807) is 7.11 Å². The molecular formula is C12H22N4O. The lowest BCUT2D eigenvalue weighted by Gasteiger charge is -2.14. The Kier molecular flexibility index (Phi) is 5.31. The summed E-state index contributed by atoms with van der Waals surface area (Å²) in [6, 6.07) is 1.88. The first-order valence-corrected chi connectivity index (χ1v) is 5.97. The summed E-state index contributed by atoms with van der Waals surface area (Å²) < 4.78 is 5.35. The second kappa shape index (κ2) is 6.51. The Hall–Kier alpha value is -1.20. The highest BCUT2D eigenvalue weighted by Gasteiger charge is 2.14. The number of methoxy groups -OCH3 is 1. The number of nitrogen functional groups attached to an aromatic ring is 1. The van der Waals surface area contributed by atoms with Gasteiger partial charge in [0.05, 0.1) is 0 Å². The largest absolute Gasteiger partial charge is 0.373 e. The van der Waals surface area contributed by atoms with Gasteiger partial charge in [0.1, 0.15) is 11.9 Å². The average molecular weight is 238 g/mol. The van der Waals surface area contributed by atoms with Crippen molar-refractivity contribution in [3.8, 4) is 0 Å². The van der Waals surface area contributed by atoms with Crippen LogP contribution in [0.1, 0.15) is 44.8 Å². The van der Waals surface area contributed by atoms with Gasteiger partial charge in [-0.2, -0.15) is 0 Å². The lowest BCUT2D eigenvalue weighted by atomic mass is 10.1. The van der Waals surface area contributed by atoms with E-state index >= 15 is 0 Å². The first-order chi connectivity index (χ1) is 8.10. The van der Waals surface area contributed by atoms with E-state index in [0.29, 0.717) is 17.6 Å².